The van der Waals surface area contributed by atoms with Gasteiger partial charge in [-0.05, 0) is 71.2 Å². The molecule has 6 rings (SSSR count). The maximum absolute atomic E-state index is 15.5. The third-order valence-electron chi connectivity index (χ3n) is 7.45. The number of carbonyl (C=O) groups is 2. The van der Waals surface area contributed by atoms with Gasteiger partial charge in [0.25, 0.3) is 5.91 Å². The van der Waals surface area contributed by atoms with Crippen molar-refractivity contribution in [3.8, 4) is 17.0 Å². The number of aryl methyl sites for hydroxylation is 1. The average Bonchev–Trinajstić information content (AvgIpc) is 3.59. The molecule has 1 aliphatic rings. The van der Waals surface area contributed by atoms with Crippen LogP contribution < -0.4 is 10.1 Å². The minimum Gasteiger partial charge on any atom is -0.490 e. The van der Waals surface area contributed by atoms with Gasteiger partial charge in [-0.2, -0.15) is 5.10 Å². The molecule has 12 heteroatoms. The van der Waals surface area contributed by atoms with Crippen molar-refractivity contribution in [1.29, 1.82) is 0 Å². The molecule has 3 aromatic heterocycles. The molecule has 44 heavy (non-hydrogen) atoms. The summed E-state index contributed by atoms with van der Waals surface area (Å²) in [4.78, 5) is 35.2. The van der Waals surface area contributed by atoms with E-state index >= 15 is 4.39 Å². The van der Waals surface area contributed by atoms with Crippen LogP contribution in [0.5, 0.6) is 5.75 Å². The lowest BCUT2D eigenvalue weighted by molar-refractivity contribution is -0.160. The number of halogens is 1. The lowest BCUT2D eigenvalue weighted by Crippen LogP contribution is -2.29. The Bertz CT molecular complexity index is 1910. The molecule has 0 saturated carbocycles. The normalized spacial score (nSPS) is 14.0. The van der Waals surface area contributed by atoms with Crippen LogP contribution in [0.4, 0.5) is 4.39 Å². The van der Waals surface area contributed by atoms with Gasteiger partial charge in [-0.3, -0.25) is 4.79 Å². The standard InChI is InChI=1S/C32H32FN5O5S/c1-16-18-9-8-12-42-28(18)20(33)13-19(16)27-26(29(31(40)41)43-32(3,4)5)17(2)35-24-14-22(37-38(24)27)30(39)34-15-25-36-21-10-6-7-11-23(21)44-25/h6-7,10-11,13-14,29H,8-9,12,15H2,1-5H3,(H,34,39)(H,40,41)/t29-/m0/s1. The second-order valence-corrected chi connectivity index (χ2v) is 12.9. The maximum atomic E-state index is 15.5. The number of hydrogen-bond acceptors (Lipinski definition) is 8. The highest BCUT2D eigenvalue weighted by molar-refractivity contribution is 7.18. The molecule has 1 atom stereocenters. The lowest BCUT2D eigenvalue weighted by Gasteiger charge is -2.28. The van der Waals surface area contributed by atoms with Gasteiger partial charge in [0.2, 0.25) is 0 Å². The Morgan fingerprint density at radius 2 is 1.98 bits per heavy atom. The number of nitrogens with one attached hydrogen (secondary N) is 1. The predicted octanol–water partition coefficient (Wildman–Crippen LogP) is 5.96. The van der Waals surface area contributed by atoms with Gasteiger partial charge < -0.3 is 19.9 Å². The molecule has 0 bridgehead atoms. The van der Waals surface area contributed by atoms with E-state index in [4.69, 9.17) is 9.47 Å². The van der Waals surface area contributed by atoms with Crippen LogP contribution in [0.2, 0.25) is 0 Å². The molecular formula is C32H32FN5O5S. The van der Waals surface area contributed by atoms with E-state index in [1.54, 1.807) is 27.7 Å². The van der Waals surface area contributed by atoms with Crippen LogP contribution in [0.25, 0.3) is 27.1 Å². The van der Waals surface area contributed by atoms with Crippen LogP contribution in [0.15, 0.2) is 36.4 Å². The van der Waals surface area contributed by atoms with E-state index in [0.29, 0.717) is 41.2 Å². The Balaban J connectivity index is 1.49. The fraction of sp³-hybridized carbons (Fsp3) is 0.344. The van der Waals surface area contributed by atoms with Crippen LogP contribution in [0, 0.1) is 19.7 Å². The molecule has 5 aromatic rings. The van der Waals surface area contributed by atoms with Gasteiger partial charge in [0.15, 0.2) is 29.0 Å². The molecule has 0 saturated heterocycles. The van der Waals surface area contributed by atoms with Crippen molar-refractivity contribution in [2.24, 2.45) is 0 Å². The second kappa shape index (κ2) is 11.3. The minimum atomic E-state index is -1.45. The Morgan fingerprint density at radius 3 is 2.70 bits per heavy atom. The second-order valence-electron chi connectivity index (χ2n) is 11.8. The minimum absolute atomic E-state index is 0.0689. The molecule has 0 fully saturated rings. The molecule has 0 aliphatic carbocycles. The van der Waals surface area contributed by atoms with Crippen molar-refractivity contribution in [1.82, 2.24) is 24.9 Å². The fourth-order valence-corrected chi connectivity index (χ4v) is 6.46. The molecule has 10 nitrogen and oxygen atoms in total. The summed E-state index contributed by atoms with van der Waals surface area (Å²) in [7, 11) is 0. The summed E-state index contributed by atoms with van der Waals surface area (Å²) < 4.78 is 29.7. The number of hydrogen-bond donors (Lipinski definition) is 2. The quantitative estimate of drug-likeness (QED) is 0.229. The molecule has 0 spiro atoms. The number of carboxylic acid groups (broad SMARTS) is 1. The number of aliphatic carboxylic acids is 1. The number of fused-ring (bicyclic) bond motifs is 3. The van der Waals surface area contributed by atoms with Crippen molar-refractivity contribution in [3.05, 3.63) is 75.3 Å². The van der Waals surface area contributed by atoms with Gasteiger partial charge in [0.05, 0.1) is 34.7 Å². The van der Waals surface area contributed by atoms with Gasteiger partial charge in [-0.15, -0.1) is 11.3 Å². The van der Waals surface area contributed by atoms with E-state index < -0.39 is 29.4 Å². The van der Waals surface area contributed by atoms with Crippen LogP contribution in [0.1, 0.15) is 71.2 Å². The van der Waals surface area contributed by atoms with Gasteiger partial charge in [-0.25, -0.2) is 23.7 Å². The maximum Gasteiger partial charge on any atom is 0.337 e. The topological polar surface area (TPSA) is 128 Å². The number of amides is 1. The third kappa shape index (κ3) is 5.50. The summed E-state index contributed by atoms with van der Waals surface area (Å²) >= 11 is 1.49. The summed E-state index contributed by atoms with van der Waals surface area (Å²) in [6, 6.07) is 10.6. The SMILES string of the molecule is Cc1nc2cc(C(=O)NCc3nc4ccccc4s3)nn2c(-c2cc(F)c3c(c2C)CCCO3)c1[C@H](OC(C)(C)C)C(=O)O. The van der Waals surface area contributed by atoms with Crippen molar-refractivity contribution in [2.75, 3.05) is 6.61 Å². The first-order chi connectivity index (χ1) is 20.9. The average molecular weight is 618 g/mol. The summed E-state index contributed by atoms with van der Waals surface area (Å²) in [6.45, 7) is 9.41. The number of thiazole rings is 1. The molecule has 1 aliphatic heterocycles. The Morgan fingerprint density at radius 1 is 1.20 bits per heavy atom. The monoisotopic (exact) mass is 617 g/mol. The number of ether oxygens (including phenoxy) is 2. The fourth-order valence-electron chi connectivity index (χ4n) is 5.55. The van der Waals surface area contributed by atoms with Gasteiger partial charge in [0.1, 0.15) is 5.01 Å². The largest absolute Gasteiger partial charge is 0.490 e. The number of benzene rings is 2. The van der Waals surface area contributed by atoms with Crippen LogP contribution in [-0.2, 0) is 22.5 Å². The number of aromatic nitrogens is 4. The molecular weight excluding hydrogens is 585 g/mol. The van der Waals surface area contributed by atoms with Crippen LogP contribution in [-0.4, -0.2) is 48.8 Å². The zero-order valence-electron chi connectivity index (χ0n) is 25.0. The summed E-state index contributed by atoms with van der Waals surface area (Å²) in [6.07, 6.45) is -0.120. The van der Waals surface area contributed by atoms with Crippen LogP contribution in [0.3, 0.4) is 0 Å². The highest BCUT2D eigenvalue weighted by atomic mass is 32.1. The Kier molecular flexibility index (Phi) is 7.58. The zero-order valence-corrected chi connectivity index (χ0v) is 25.8. The lowest BCUT2D eigenvalue weighted by atomic mass is 9.91. The van der Waals surface area contributed by atoms with Crippen molar-refractivity contribution in [3.63, 3.8) is 0 Å². The molecule has 2 aromatic carbocycles. The smallest absolute Gasteiger partial charge is 0.337 e. The van der Waals surface area contributed by atoms with E-state index in [0.717, 1.165) is 27.2 Å². The van der Waals surface area contributed by atoms with Crippen molar-refractivity contribution in [2.45, 2.75) is 65.7 Å². The predicted molar refractivity (Wildman–Crippen MR) is 164 cm³/mol. The van der Waals surface area contributed by atoms with E-state index in [1.807, 2.05) is 31.2 Å². The summed E-state index contributed by atoms with van der Waals surface area (Å²) in [5.74, 6) is -2.04. The van der Waals surface area contributed by atoms with Gasteiger partial charge in [0, 0.05) is 28.5 Å². The van der Waals surface area contributed by atoms with E-state index in [-0.39, 0.29) is 23.6 Å². The highest BCUT2D eigenvalue weighted by Gasteiger charge is 2.35. The van der Waals surface area contributed by atoms with Crippen LogP contribution >= 0.6 is 11.3 Å². The Hall–Kier alpha value is -4.42. The number of nitrogens with zero attached hydrogens (tertiary/aromatic N) is 4. The van der Waals surface area contributed by atoms with Gasteiger partial charge >= 0.3 is 5.97 Å². The number of rotatable bonds is 7. The van der Waals surface area contributed by atoms with E-state index in [2.05, 4.69) is 20.4 Å². The summed E-state index contributed by atoms with van der Waals surface area (Å²) in [5.41, 5.74) is 3.14. The number of para-hydroxylation sites is 1. The molecule has 1 amide bonds. The van der Waals surface area contributed by atoms with Crippen molar-refractivity contribution >= 4 is 39.1 Å². The first-order valence-electron chi connectivity index (χ1n) is 14.3. The van der Waals surface area contributed by atoms with E-state index in [9.17, 15) is 14.7 Å². The molecule has 4 heterocycles. The zero-order chi connectivity index (χ0) is 31.3. The highest BCUT2D eigenvalue weighted by Crippen LogP contribution is 2.41. The van der Waals surface area contributed by atoms with E-state index in [1.165, 1.54) is 28.0 Å². The number of carboxylic acids is 1. The molecule has 0 radical (unpaired) electrons. The third-order valence-corrected chi connectivity index (χ3v) is 8.49. The molecule has 2 N–H and O–H groups in total. The Labute approximate surface area is 256 Å². The summed E-state index contributed by atoms with van der Waals surface area (Å²) in [5, 5.41) is 18.6. The van der Waals surface area contributed by atoms with Gasteiger partial charge in [-0.1, -0.05) is 12.1 Å². The first-order valence-corrected chi connectivity index (χ1v) is 15.1. The molecule has 0 unspecified atom stereocenters. The number of carbonyl (C=O) groups excluding carboxylic acids is 1. The van der Waals surface area contributed by atoms with Crippen molar-refractivity contribution < 1.29 is 28.6 Å². The molecule has 228 valence electrons. The first kappa shape index (κ1) is 29.6.